The van der Waals surface area contributed by atoms with Gasteiger partial charge < -0.3 is 10.2 Å². The third kappa shape index (κ3) is 4.68. The van der Waals surface area contributed by atoms with Crippen molar-refractivity contribution in [1.82, 2.24) is 25.2 Å². The van der Waals surface area contributed by atoms with Crippen molar-refractivity contribution in [2.45, 2.75) is 52.1 Å². The van der Waals surface area contributed by atoms with Crippen molar-refractivity contribution in [3.05, 3.63) is 46.2 Å². The number of carbonyl (C=O) groups is 1. The molecule has 1 aliphatic rings. The first kappa shape index (κ1) is 19.8. The average Bonchev–Trinajstić information content (AvgIpc) is 3.08. The van der Waals surface area contributed by atoms with Gasteiger partial charge in [0.25, 0.3) is 5.91 Å². The standard InChI is InChI=1S/C20H28ClN5O/c1-3-4-13-25(14-16-7-5-6-8-18(16)21)20(27)19-15(2)26(24-23-19)17-9-11-22-12-10-17/h5-8,17,22H,3-4,9-14H2,1-2H3. The second-order valence-corrected chi connectivity index (χ2v) is 7.53. The molecule has 1 aliphatic heterocycles. The number of carbonyl (C=O) groups excluding carboxylic acids is 1. The van der Waals surface area contributed by atoms with Gasteiger partial charge in [-0.2, -0.15) is 0 Å². The van der Waals surface area contributed by atoms with Crippen LogP contribution in [0.3, 0.4) is 0 Å². The molecule has 0 saturated carbocycles. The van der Waals surface area contributed by atoms with Crippen LogP contribution in [0.5, 0.6) is 0 Å². The molecule has 27 heavy (non-hydrogen) atoms. The fourth-order valence-corrected chi connectivity index (χ4v) is 3.72. The average molecular weight is 390 g/mol. The summed E-state index contributed by atoms with van der Waals surface area (Å²) in [7, 11) is 0. The summed E-state index contributed by atoms with van der Waals surface area (Å²) < 4.78 is 1.93. The van der Waals surface area contributed by atoms with Crippen molar-refractivity contribution in [2.24, 2.45) is 0 Å². The minimum atomic E-state index is -0.0685. The third-order valence-electron chi connectivity index (χ3n) is 5.17. The summed E-state index contributed by atoms with van der Waals surface area (Å²) in [6.45, 7) is 7.18. The van der Waals surface area contributed by atoms with E-state index in [4.69, 9.17) is 11.6 Å². The van der Waals surface area contributed by atoms with E-state index in [0.29, 0.717) is 29.8 Å². The molecular formula is C20H28ClN5O. The Hall–Kier alpha value is -1.92. The molecule has 3 rings (SSSR count). The quantitative estimate of drug-likeness (QED) is 0.785. The number of hydrogen-bond donors (Lipinski definition) is 1. The monoisotopic (exact) mass is 389 g/mol. The maximum atomic E-state index is 13.2. The van der Waals surface area contributed by atoms with E-state index in [1.165, 1.54) is 0 Å². The molecule has 0 bridgehead atoms. The summed E-state index contributed by atoms with van der Waals surface area (Å²) in [6, 6.07) is 7.99. The molecule has 0 unspecified atom stereocenters. The molecule has 146 valence electrons. The van der Waals surface area contributed by atoms with Crippen LogP contribution in [0.2, 0.25) is 5.02 Å². The number of unbranched alkanes of at least 4 members (excludes halogenated alkanes) is 1. The predicted molar refractivity (Wildman–Crippen MR) is 107 cm³/mol. The number of amides is 1. The minimum absolute atomic E-state index is 0.0685. The Labute approximate surface area is 165 Å². The minimum Gasteiger partial charge on any atom is -0.333 e. The number of aromatic nitrogens is 3. The molecule has 0 atom stereocenters. The lowest BCUT2D eigenvalue weighted by Crippen LogP contribution is -2.33. The van der Waals surface area contributed by atoms with E-state index in [1.807, 2.05) is 40.8 Å². The van der Waals surface area contributed by atoms with Crippen molar-refractivity contribution >= 4 is 17.5 Å². The van der Waals surface area contributed by atoms with Crippen molar-refractivity contribution in [3.63, 3.8) is 0 Å². The van der Waals surface area contributed by atoms with Gasteiger partial charge in [0, 0.05) is 18.1 Å². The van der Waals surface area contributed by atoms with Crippen LogP contribution < -0.4 is 5.32 Å². The van der Waals surface area contributed by atoms with Crippen LogP contribution in [0, 0.1) is 6.92 Å². The van der Waals surface area contributed by atoms with Crippen LogP contribution in [0.4, 0.5) is 0 Å². The Kier molecular flexibility index (Phi) is 6.85. The molecule has 7 heteroatoms. The summed E-state index contributed by atoms with van der Waals surface area (Å²) in [6.07, 6.45) is 3.98. The van der Waals surface area contributed by atoms with Gasteiger partial charge in [-0.05, 0) is 50.9 Å². The molecule has 1 saturated heterocycles. The Bertz CT molecular complexity index is 769. The Morgan fingerprint density at radius 1 is 1.33 bits per heavy atom. The largest absolute Gasteiger partial charge is 0.333 e. The highest BCUT2D eigenvalue weighted by Crippen LogP contribution is 2.22. The van der Waals surface area contributed by atoms with Gasteiger partial charge in [0.15, 0.2) is 5.69 Å². The molecule has 1 fully saturated rings. The first-order valence-corrected chi connectivity index (χ1v) is 10.1. The molecule has 1 aromatic carbocycles. The van der Waals surface area contributed by atoms with Crippen LogP contribution in [-0.2, 0) is 6.54 Å². The zero-order chi connectivity index (χ0) is 19.2. The van der Waals surface area contributed by atoms with E-state index in [1.54, 1.807) is 0 Å². The molecule has 0 spiro atoms. The van der Waals surface area contributed by atoms with Gasteiger partial charge in [-0.15, -0.1) is 5.10 Å². The number of rotatable bonds is 7. The Balaban J connectivity index is 1.81. The van der Waals surface area contributed by atoms with E-state index in [9.17, 15) is 4.79 Å². The van der Waals surface area contributed by atoms with Gasteiger partial charge in [0.05, 0.1) is 11.7 Å². The number of piperidine rings is 1. The lowest BCUT2D eigenvalue weighted by atomic mass is 10.1. The van der Waals surface area contributed by atoms with Gasteiger partial charge >= 0.3 is 0 Å². The van der Waals surface area contributed by atoms with Gasteiger partial charge in [0.2, 0.25) is 0 Å². The Morgan fingerprint density at radius 2 is 2.07 bits per heavy atom. The number of benzene rings is 1. The summed E-state index contributed by atoms with van der Waals surface area (Å²) in [4.78, 5) is 15.1. The summed E-state index contributed by atoms with van der Waals surface area (Å²) in [5, 5.41) is 12.6. The molecule has 1 aromatic heterocycles. The fraction of sp³-hybridized carbons (Fsp3) is 0.550. The SMILES string of the molecule is CCCCN(Cc1ccccc1Cl)C(=O)c1nnn(C2CCNCC2)c1C. The summed E-state index contributed by atoms with van der Waals surface area (Å²) >= 11 is 6.31. The lowest BCUT2D eigenvalue weighted by Gasteiger charge is -2.24. The van der Waals surface area contributed by atoms with E-state index in [-0.39, 0.29) is 5.91 Å². The maximum Gasteiger partial charge on any atom is 0.276 e. The van der Waals surface area contributed by atoms with Gasteiger partial charge in [-0.3, -0.25) is 4.79 Å². The Morgan fingerprint density at radius 3 is 2.78 bits per heavy atom. The van der Waals surface area contributed by atoms with Crippen LogP contribution in [0.1, 0.15) is 60.4 Å². The molecule has 0 aliphatic carbocycles. The maximum absolute atomic E-state index is 13.2. The van der Waals surface area contributed by atoms with Crippen molar-refractivity contribution in [2.75, 3.05) is 19.6 Å². The molecule has 2 heterocycles. The van der Waals surface area contributed by atoms with E-state index in [0.717, 1.165) is 50.0 Å². The van der Waals surface area contributed by atoms with Gasteiger partial charge in [0.1, 0.15) is 0 Å². The van der Waals surface area contributed by atoms with Crippen LogP contribution in [0.25, 0.3) is 0 Å². The molecular weight excluding hydrogens is 362 g/mol. The number of nitrogens with one attached hydrogen (secondary N) is 1. The first-order valence-electron chi connectivity index (χ1n) is 9.77. The second kappa shape index (κ2) is 9.33. The molecule has 1 N–H and O–H groups in total. The second-order valence-electron chi connectivity index (χ2n) is 7.12. The van der Waals surface area contributed by atoms with Crippen LogP contribution in [0.15, 0.2) is 24.3 Å². The molecule has 0 radical (unpaired) electrons. The van der Waals surface area contributed by atoms with Crippen molar-refractivity contribution in [3.8, 4) is 0 Å². The first-order chi connectivity index (χ1) is 13.1. The van der Waals surface area contributed by atoms with E-state index in [2.05, 4.69) is 22.6 Å². The highest BCUT2D eigenvalue weighted by molar-refractivity contribution is 6.31. The summed E-state index contributed by atoms with van der Waals surface area (Å²) in [5.74, 6) is -0.0685. The highest BCUT2D eigenvalue weighted by atomic mass is 35.5. The smallest absolute Gasteiger partial charge is 0.276 e. The summed E-state index contributed by atoms with van der Waals surface area (Å²) in [5.41, 5.74) is 2.26. The van der Waals surface area contributed by atoms with Crippen molar-refractivity contribution < 1.29 is 4.79 Å². The van der Waals surface area contributed by atoms with Gasteiger partial charge in [-0.1, -0.05) is 48.4 Å². The molecule has 6 nitrogen and oxygen atoms in total. The predicted octanol–water partition coefficient (Wildman–Crippen LogP) is 3.61. The number of nitrogens with zero attached hydrogens (tertiary/aromatic N) is 4. The van der Waals surface area contributed by atoms with Crippen LogP contribution >= 0.6 is 11.6 Å². The van der Waals surface area contributed by atoms with Crippen LogP contribution in [-0.4, -0.2) is 45.4 Å². The normalized spacial score (nSPS) is 15.1. The lowest BCUT2D eigenvalue weighted by molar-refractivity contribution is 0.0734. The zero-order valence-corrected chi connectivity index (χ0v) is 16.9. The number of hydrogen-bond acceptors (Lipinski definition) is 4. The van der Waals surface area contributed by atoms with Gasteiger partial charge in [-0.25, -0.2) is 4.68 Å². The topological polar surface area (TPSA) is 63.1 Å². The van der Waals surface area contributed by atoms with Crippen molar-refractivity contribution in [1.29, 1.82) is 0 Å². The van der Waals surface area contributed by atoms with E-state index >= 15 is 0 Å². The fourth-order valence-electron chi connectivity index (χ4n) is 3.52. The number of halogens is 1. The third-order valence-corrected chi connectivity index (χ3v) is 5.54. The zero-order valence-electron chi connectivity index (χ0n) is 16.1. The van der Waals surface area contributed by atoms with E-state index < -0.39 is 0 Å². The highest BCUT2D eigenvalue weighted by Gasteiger charge is 2.26. The molecule has 2 aromatic rings. The molecule has 1 amide bonds.